The predicted octanol–water partition coefficient (Wildman–Crippen LogP) is 3.82. The van der Waals surface area contributed by atoms with Crippen LogP contribution in [0.25, 0.3) is 0 Å². The van der Waals surface area contributed by atoms with Crippen LogP contribution in [0.3, 0.4) is 0 Å². The van der Waals surface area contributed by atoms with Gasteiger partial charge in [0.2, 0.25) is 0 Å². The maximum Gasteiger partial charge on any atom is 0.268 e. The highest BCUT2D eigenvalue weighted by Gasteiger charge is 2.31. The van der Waals surface area contributed by atoms with Crippen LogP contribution in [0.1, 0.15) is 11.8 Å². The Bertz CT molecular complexity index is 625. The second-order valence-electron chi connectivity index (χ2n) is 4.38. The lowest BCUT2D eigenvalue weighted by Crippen LogP contribution is -2.43. The van der Waals surface area contributed by atoms with Gasteiger partial charge in [0.1, 0.15) is 5.75 Å². The second kappa shape index (κ2) is 4.98. The summed E-state index contributed by atoms with van der Waals surface area (Å²) in [7, 11) is 0. The zero-order valence-corrected chi connectivity index (χ0v) is 12.7. The van der Waals surface area contributed by atoms with Gasteiger partial charge < -0.3 is 9.64 Å². The van der Waals surface area contributed by atoms with Crippen LogP contribution in [0.5, 0.6) is 5.75 Å². The lowest BCUT2D eigenvalue weighted by molar-refractivity contribution is -0.125. The van der Waals surface area contributed by atoms with Crippen molar-refractivity contribution >= 4 is 38.9 Å². The molecule has 3 nitrogen and oxygen atoms in total. The van der Waals surface area contributed by atoms with E-state index < -0.39 is 6.10 Å². The van der Waals surface area contributed by atoms with Gasteiger partial charge >= 0.3 is 0 Å². The molecule has 0 saturated carbocycles. The summed E-state index contributed by atoms with van der Waals surface area (Å²) in [6.07, 6.45) is -0.432. The Morgan fingerprint density at radius 3 is 2.95 bits per heavy atom. The van der Waals surface area contributed by atoms with Crippen molar-refractivity contribution in [3.8, 4) is 5.75 Å². The van der Waals surface area contributed by atoms with E-state index in [2.05, 4.69) is 15.9 Å². The molecule has 1 aliphatic rings. The van der Waals surface area contributed by atoms with Crippen LogP contribution in [0, 0.1) is 0 Å². The molecule has 3 rings (SSSR count). The van der Waals surface area contributed by atoms with Crippen molar-refractivity contribution in [3.05, 3.63) is 45.1 Å². The summed E-state index contributed by atoms with van der Waals surface area (Å²) in [6.45, 7) is 2.37. The van der Waals surface area contributed by atoms with Crippen molar-refractivity contribution < 1.29 is 9.53 Å². The first-order valence-electron chi connectivity index (χ1n) is 5.95. The van der Waals surface area contributed by atoms with Gasteiger partial charge in [0.05, 0.1) is 12.2 Å². The Labute approximate surface area is 123 Å². The topological polar surface area (TPSA) is 29.5 Å². The summed E-state index contributed by atoms with van der Waals surface area (Å²) in [5.41, 5.74) is 0.843. The fraction of sp³-hybridized carbons (Fsp3) is 0.214. The number of thiophene rings is 1. The largest absolute Gasteiger partial charge is 0.479 e. The molecule has 2 aromatic rings. The number of anilines is 1. The van der Waals surface area contributed by atoms with Crippen molar-refractivity contribution in [1.29, 1.82) is 0 Å². The summed E-state index contributed by atoms with van der Waals surface area (Å²) in [4.78, 5) is 15.2. The van der Waals surface area contributed by atoms with Gasteiger partial charge in [-0.1, -0.05) is 12.1 Å². The van der Waals surface area contributed by atoms with Crippen molar-refractivity contribution in [2.45, 2.75) is 19.6 Å². The Hall–Kier alpha value is -1.33. The molecule has 19 heavy (non-hydrogen) atoms. The van der Waals surface area contributed by atoms with Crippen molar-refractivity contribution in [1.82, 2.24) is 0 Å². The van der Waals surface area contributed by atoms with Gasteiger partial charge in [0.25, 0.3) is 5.91 Å². The van der Waals surface area contributed by atoms with Crippen LogP contribution >= 0.6 is 27.3 Å². The Kier molecular flexibility index (Phi) is 3.33. The van der Waals surface area contributed by atoms with E-state index in [1.165, 1.54) is 0 Å². The molecule has 0 N–H and O–H groups in total. The van der Waals surface area contributed by atoms with E-state index in [0.29, 0.717) is 6.54 Å². The van der Waals surface area contributed by atoms with Crippen molar-refractivity contribution in [2.24, 2.45) is 0 Å². The quantitative estimate of drug-likeness (QED) is 0.833. The molecule has 1 unspecified atom stereocenters. The predicted molar refractivity (Wildman–Crippen MR) is 79.7 cm³/mol. The number of benzene rings is 1. The molecule has 1 aliphatic heterocycles. The Morgan fingerprint density at radius 1 is 1.42 bits per heavy atom. The molecule has 0 saturated heterocycles. The van der Waals surface area contributed by atoms with Crippen LogP contribution in [0.2, 0.25) is 0 Å². The minimum Gasteiger partial charge on any atom is -0.479 e. The maximum atomic E-state index is 12.3. The molecule has 2 heterocycles. The average molecular weight is 338 g/mol. The molecular weight excluding hydrogens is 326 g/mol. The van der Waals surface area contributed by atoms with Crippen LogP contribution in [0.15, 0.2) is 40.2 Å². The molecule has 1 aromatic heterocycles. The van der Waals surface area contributed by atoms with E-state index in [-0.39, 0.29) is 5.91 Å². The SMILES string of the molecule is CC1Oc2ccccc2N(Cc2cc(Br)cs2)C1=O. The highest BCUT2D eigenvalue weighted by molar-refractivity contribution is 9.10. The molecule has 0 fully saturated rings. The Balaban J connectivity index is 1.96. The number of fused-ring (bicyclic) bond motifs is 1. The lowest BCUT2D eigenvalue weighted by Gasteiger charge is -2.32. The summed E-state index contributed by atoms with van der Waals surface area (Å²) < 4.78 is 6.67. The Morgan fingerprint density at radius 2 is 2.21 bits per heavy atom. The molecule has 1 atom stereocenters. The molecule has 1 amide bonds. The highest BCUT2D eigenvalue weighted by atomic mass is 79.9. The van der Waals surface area contributed by atoms with E-state index in [1.54, 1.807) is 23.2 Å². The number of hydrogen-bond acceptors (Lipinski definition) is 3. The third-order valence-corrected chi connectivity index (χ3v) is 4.69. The first kappa shape index (κ1) is 12.7. The average Bonchev–Trinajstić information content (AvgIpc) is 2.80. The summed E-state index contributed by atoms with van der Waals surface area (Å²) in [6, 6.07) is 9.70. The summed E-state index contributed by atoms with van der Waals surface area (Å²) in [5.74, 6) is 0.772. The van der Waals surface area contributed by atoms with Gasteiger partial charge in [-0.2, -0.15) is 0 Å². The fourth-order valence-electron chi connectivity index (χ4n) is 2.11. The van der Waals surface area contributed by atoms with Gasteiger partial charge in [0.15, 0.2) is 6.10 Å². The molecule has 0 aliphatic carbocycles. The molecule has 1 aromatic carbocycles. The van der Waals surface area contributed by atoms with Crippen LogP contribution in [-0.4, -0.2) is 12.0 Å². The number of ether oxygens (including phenoxy) is 1. The number of amides is 1. The van der Waals surface area contributed by atoms with Crippen molar-refractivity contribution in [2.75, 3.05) is 4.90 Å². The first-order chi connectivity index (χ1) is 9.15. The number of para-hydroxylation sites is 2. The minimum absolute atomic E-state index is 0.00298. The highest BCUT2D eigenvalue weighted by Crippen LogP contribution is 2.35. The van der Waals surface area contributed by atoms with Crippen LogP contribution in [0.4, 0.5) is 5.69 Å². The standard InChI is InChI=1S/C14H12BrNO2S/c1-9-14(17)16(7-11-6-10(15)8-19-11)12-4-2-3-5-13(12)18-9/h2-6,8-9H,7H2,1H3. The number of carbonyl (C=O) groups excluding carboxylic acids is 1. The summed E-state index contributed by atoms with van der Waals surface area (Å²) in [5, 5.41) is 2.02. The molecule has 5 heteroatoms. The second-order valence-corrected chi connectivity index (χ2v) is 6.29. The van der Waals surface area contributed by atoms with Gasteiger partial charge in [-0.25, -0.2) is 0 Å². The number of rotatable bonds is 2. The monoisotopic (exact) mass is 337 g/mol. The van der Waals surface area contributed by atoms with Gasteiger partial charge in [-0.15, -0.1) is 11.3 Å². The molecule has 0 spiro atoms. The molecule has 0 radical (unpaired) electrons. The molecular formula is C14H12BrNO2S. The number of hydrogen-bond donors (Lipinski definition) is 0. The van der Waals surface area contributed by atoms with Gasteiger partial charge in [0, 0.05) is 14.7 Å². The number of carbonyl (C=O) groups is 1. The zero-order valence-electron chi connectivity index (χ0n) is 10.3. The van der Waals surface area contributed by atoms with Gasteiger partial charge in [-0.3, -0.25) is 4.79 Å². The van der Waals surface area contributed by atoms with E-state index in [4.69, 9.17) is 4.74 Å². The maximum absolute atomic E-state index is 12.3. The van der Waals surface area contributed by atoms with Crippen LogP contribution in [-0.2, 0) is 11.3 Å². The fourth-order valence-corrected chi connectivity index (χ4v) is 3.55. The third-order valence-electron chi connectivity index (χ3n) is 3.01. The lowest BCUT2D eigenvalue weighted by atomic mass is 10.2. The van der Waals surface area contributed by atoms with Gasteiger partial charge in [-0.05, 0) is 41.1 Å². The van der Waals surface area contributed by atoms with E-state index in [9.17, 15) is 4.79 Å². The molecule has 0 bridgehead atoms. The normalized spacial score (nSPS) is 18.1. The molecule has 98 valence electrons. The number of nitrogens with zero attached hydrogens (tertiary/aromatic N) is 1. The van der Waals surface area contributed by atoms with Crippen LogP contribution < -0.4 is 9.64 Å². The number of halogens is 1. The van der Waals surface area contributed by atoms with Crippen molar-refractivity contribution in [3.63, 3.8) is 0 Å². The summed E-state index contributed by atoms with van der Waals surface area (Å²) >= 11 is 5.08. The van der Waals surface area contributed by atoms with E-state index in [1.807, 2.05) is 35.7 Å². The van der Waals surface area contributed by atoms with E-state index in [0.717, 1.165) is 20.8 Å². The third kappa shape index (κ3) is 2.40. The van der Waals surface area contributed by atoms with E-state index >= 15 is 0 Å². The smallest absolute Gasteiger partial charge is 0.268 e. The minimum atomic E-state index is -0.432. The first-order valence-corrected chi connectivity index (χ1v) is 7.62. The zero-order chi connectivity index (χ0) is 13.4.